The van der Waals surface area contributed by atoms with Crippen molar-refractivity contribution in [1.29, 1.82) is 0 Å². The molecule has 0 radical (unpaired) electrons. The fourth-order valence-electron chi connectivity index (χ4n) is 6.55. The van der Waals surface area contributed by atoms with E-state index in [2.05, 4.69) is 28.1 Å². The van der Waals surface area contributed by atoms with Crippen LogP contribution in [-0.2, 0) is 12.1 Å². The Hall–Kier alpha value is -3.26. The van der Waals surface area contributed by atoms with E-state index in [1.165, 1.54) is 5.56 Å². The molecule has 3 heterocycles. The first-order valence-corrected chi connectivity index (χ1v) is 13.5. The normalized spacial score (nSPS) is 23.2. The van der Waals surface area contributed by atoms with Crippen LogP contribution in [0.25, 0.3) is 16.8 Å². The molecular weight excluding hydrogens is 487 g/mol. The average molecular weight is 520 g/mol. The molecule has 2 N–H and O–H groups in total. The van der Waals surface area contributed by atoms with E-state index in [0.717, 1.165) is 37.0 Å². The van der Waals surface area contributed by atoms with Gasteiger partial charge in [0, 0.05) is 24.9 Å². The summed E-state index contributed by atoms with van der Waals surface area (Å²) in [4.78, 5) is 8.93. The van der Waals surface area contributed by atoms with Crippen molar-refractivity contribution in [2.45, 2.75) is 75.9 Å². The molecule has 8 heteroatoms. The third-order valence-corrected chi connectivity index (χ3v) is 8.38. The number of pyridine rings is 1. The summed E-state index contributed by atoms with van der Waals surface area (Å²) in [5.74, 6) is -0.0694. The van der Waals surface area contributed by atoms with Crippen molar-refractivity contribution >= 4 is 5.52 Å². The van der Waals surface area contributed by atoms with E-state index in [0.29, 0.717) is 42.4 Å². The van der Waals surface area contributed by atoms with Crippen molar-refractivity contribution in [3.8, 4) is 11.3 Å². The predicted molar refractivity (Wildman–Crippen MR) is 140 cm³/mol. The summed E-state index contributed by atoms with van der Waals surface area (Å²) in [6.45, 7) is 2.24. The molecule has 2 fully saturated rings. The second-order valence-corrected chi connectivity index (χ2v) is 11.2. The predicted octanol–water partition coefficient (Wildman–Crippen LogP) is 6.63. The molecule has 4 aromatic rings. The van der Waals surface area contributed by atoms with E-state index < -0.39 is 17.3 Å². The highest BCUT2D eigenvalue weighted by molar-refractivity contribution is 5.63. The van der Waals surface area contributed by atoms with Gasteiger partial charge in [-0.1, -0.05) is 6.92 Å². The Morgan fingerprint density at radius 1 is 1.03 bits per heavy atom. The Morgan fingerprint density at radius 2 is 1.79 bits per heavy atom. The fourth-order valence-corrected chi connectivity index (χ4v) is 6.55. The zero-order valence-electron chi connectivity index (χ0n) is 21.5. The maximum atomic E-state index is 15.2. The molecule has 0 spiro atoms. The van der Waals surface area contributed by atoms with Crippen LogP contribution in [0.3, 0.4) is 0 Å². The van der Waals surface area contributed by atoms with Gasteiger partial charge in [-0.3, -0.25) is 4.98 Å². The van der Waals surface area contributed by atoms with E-state index in [1.54, 1.807) is 22.8 Å². The summed E-state index contributed by atoms with van der Waals surface area (Å²) >= 11 is 0. The second kappa shape index (κ2) is 9.80. The van der Waals surface area contributed by atoms with Crippen molar-refractivity contribution in [2.75, 3.05) is 0 Å². The van der Waals surface area contributed by atoms with Crippen LogP contribution in [0.4, 0.5) is 13.2 Å². The Morgan fingerprint density at radius 3 is 2.53 bits per heavy atom. The lowest BCUT2D eigenvalue weighted by Gasteiger charge is -2.32. The molecule has 2 saturated carbocycles. The molecule has 1 aromatic carbocycles. The zero-order chi connectivity index (χ0) is 26.4. The number of nitrogens with two attached hydrogens (primary N) is 1. The van der Waals surface area contributed by atoms with Gasteiger partial charge >= 0.3 is 0 Å². The fraction of sp³-hybridized carbons (Fsp3) is 0.433. The van der Waals surface area contributed by atoms with Gasteiger partial charge in [0.2, 0.25) is 0 Å². The van der Waals surface area contributed by atoms with Gasteiger partial charge in [0.25, 0.3) is 0 Å². The number of nitrogens with zero attached hydrogens (tertiary/aromatic N) is 4. The van der Waals surface area contributed by atoms with Crippen molar-refractivity contribution in [1.82, 2.24) is 19.6 Å². The number of halogens is 3. The molecule has 3 atom stereocenters. The first-order chi connectivity index (χ1) is 18.3. The maximum Gasteiger partial charge on any atom is 0.136 e. The van der Waals surface area contributed by atoms with Gasteiger partial charge in [-0.05, 0) is 104 Å². The largest absolute Gasteiger partial charge is 0.328 e. The number of aromatic nitrogens is 4. The van der Waals surface area contributed by atoms with Crippen LogP contribution in [-0.4, -0.2) is 25.6 Å². The summed E-state index contributed by atoms with van der Waals surface area (Å²) in [6.07, 6.45) is 10.9. The molecule has 0 saturated heterocycles. The third kappa shape index (κ3) is 4.59. The lowest BCUT2D eigenvalue weighted by Crippen LogP contribution is -2.31. The van der Waals surface area contributed by atoms with Gasteiger partial charge < -0.3 is 5.73 Å². The zero-order valence-corrected chi connectivity index (χ0v) is 21.5. The van der Waals surface area contributed by atoms with Gasteiger partial charge in [0.15, 0.2) is 0 Å². The first kappa shape index (κ1) is 25.0. The number of imidazole rings is 1. The van der Waals surface area contributed by atoms with Gasteiger partial charge in [-0.25, -0.2) is 22.7 Å². The molecule has 0 aliphatic heterocycles. The Labute approximate surface area is 220 Å². The van der Waals surface area contributed by atoms with Crippen LogP contribution in [0.2, 0.25) is 0 Å². The highest BCUT2D eigenvalue weighted by atomic mass is 19.1. The van der Waals surface area contributed by atoms with Crippen LogP contribution < -0.4 is 5.73 Å². The average Bonchev–Trinajstić information content (AvgIpc) is 3.50. The highest BCUT2D eigenvalue weighted by Gasteiger charge is 2.37. The van der Waals surface area contributed by atoms with Gasteiger partial charge in [0.1, 0.15) is 23.1 Å². The van der Waals surface area contributed by atoms with Gasteiger partial charge in [0.05, 0.1) is 23.0 Å². The minimum absolute atomic E-state index is 0.0685. The van der Waals surface area contributed by atoms with Gasteiger partial charge in [-0.15, -0.1) is 0 Å². The summed E-state index contributed by atoms with van der Waals surface area (Å²) < 4.78 is 47.3. The molecule has 0 bridgehead atoms. The Balaban J connectivity index is 1.34. The van der Waals surface area contributed by atoms with Crippen LogP contribution in [0, 0.1) is 17.6 Å². The highest BCUT2D eigenvalue weighted by Crippen LogP contribution is 2.44. The van der Waals surface area contributed by atoms with Crippen LogP contribution >= 0.6 is 0 Å². The first-order valence-electron chi connectivity index (χ1n) is 13.5. The Bertz CT molecular complexity index is 1440. The number of benzene rings is 1. The minimum Gasteiger partial charge on any atom is -0.328 e. The number of rotatable bonds is 5. The van der Waals surface area contributed by atoms with Crippen LogP contribution in [0.15, 0.2) is 48.9 Å². The van der Waals surface area contributed by atoms with Crippen molar-refractivity contribution in [3.63, 3.8) is 0 Å². The van der Waals surface area contributed by atoms with E-state index in [4.69, 9.17) is 5.73 Å². The molecular formula is C30H32F3N5. The molecule has 0 unspecified atom stereocenters. The van der Waals surface area contributed by atoms with E-state index in [9.17, 15) is 0 Å². The lowest BCUT2D eigenvalue weighted by atomic mass is 9.75. The summed E-state index contributed by atoms with van der Waals surface area (Å²) in [6, 6.07) is 7.81. The topological polar surface area (TPSA) is 69.1 Å². The van der Waals surface area contributed by atoms with E-state index in [-0.39, 0.29) is 35.7 Å². The number of alkyl halides is 1. The van der Waals surface area contributed by atoms with Crippen LogP contribution in [0.1, 0.15) is 80.3 Å². The van der Waals surface area contributed by atoms with E-state index in [1.807, 2.05) is 12.4 Å². The molecule has 2 aliphatic carbocycles. The quantitative estimate of drug-likeness (QED) is 0.321. The molecule has 6 rings (SSSR count). The standard InChI is InChI=1S/C30H32F3N5/c1-18-10-19(12-22(34)11-18)24-6-9-35-16-20(24)13-28-36-17-23-4-5-27(37-38(23)28)29-25(31)14-21(15-26(29)32)30(33)7-2-3-8-30/h4-6,9,14-19,22H,2-3,7-8,10-13,34H2,1H3/t18-,19+,22-/m0/s1. The van der Waals surface area contributed by atoms with Crippen molar-refractivity contribution in [3.05, 3.63) is 83.1 Å². The molecule has 0 amide bonds. The third-order valence-electron chi connectivity index (χ3n) is 8.38. The SMILES string of the molecule is C[C@@H]1C[C@H](N)C[C@H](c2ccncc2Cc2ncc3ccc(-c4c(F)cc(C5(F)CCCC5)cc4F)nn23)C1. The maximum absolute atomic E-state index is 15.2. The summed E-state index contributed by atoms with van der Waals surface area (Å²) in [5.41, 5.74) is 7.59. The van der Waals surface area contributed by atoms with Crippen LogP contribution in [0.5, 0.6) is 0 Å². The minimum atomic E-state index is -1.67. The number of hydrogen-bond donors (Lipinski definition) is 1. The lowest BCUT2D eigenvalue weighted by molar-refractivity contribution is 0.173. The molecule has 198 valence electrons. The number of fused-ring (bicyclic) bond motifs is 1. The van der Waals surface area contributed by atoms with Gasteiger partial charge in [-0.2, -0.15) is 5.10 Å². The molecule has 38 heavy (non-hydrogen) atoms. The van der Waals surface area contributed by atoms with Crippen molar-refractivity contribution in [2.24, 2.45) is 11.7 Å². The monoisotopic (exact) mass is 519 g/mol. The number of hydrogen-bond acceptors (Lipinski definition) is 4. The smallest absolute Gasteiger partial charge is 0.136 e. The molecule has 5 nitrogen and oxygen atoms in total. The Kier molecular flexibility index (Phi) is 6.46. The van der Waals surface area contributed by atoms with E-state index >= 15 is 13.2 Å². The molecule has 2 aliphatic rings. The van der Waals surface area contributed by atoms with Crippen molar-refractivity contribution < 1.29 is 13.2 Å². The molecule has 3 aromatic heterocycles. The second-order valence-electron chi connectivity index (χ2n) is 11.2. The summed E-state index contributed by atoms with van der Waals surface area (Å²) in [5, 5.41) is 4.57. The summed E-state index contributed by atoms with van der Waals surface area (Å²) in [7, 11) is 0.